The predicted octanol–water partition coefficient (Wildman–Crippen LogP) is 2.48. The van der Waals surface area contributed by atoms with Gasteiger partial charge in [0.2, 0.25) is 5.91 Å². The van der Waals surface area contributed by atoms with Gasteiger partial charge in [0.1, 0.15) is 0 Å². The summed E-state index contributed by atoms with van der Waals surface area (Å²) in [6, 6.07) is 5.08. The molecule has 0 spiro atoms. The van der Waals surface area contributed by atoms with Gasteiger partial charge in [0.05, 0.1) is 12.2 Å². The summed E-state index contributed by atoms with van der Waals surface area (Å²) in [7, 11) is 2.11. The van der Waals surface area contributed by atoms with Gasteiger partial charge >= 0.3 is 6.18 Å². The van der Waals surface area contributed by atoms with Gasteiger partial charge in [0, 0.05) is 64.4 Å². The minimum atomic E-state index is -4.37. The van der Waals surface area contributed by atoms with Crippen molar-refractivity contribution in [1.29, 1.82) is 0 Å². The van der Waals surface area contributed by atoms with Crippen molar-refractivity contribution in [3.8, 4) is 0 Å². The molecule has 2 aliphatic rings. The van der Waals surface area contributed by atoms with Crippen molar-refractivity contribution < 1.29 is 22.8 Å². The monoisotopic (exact) mass is 426 g/mol. The minimum absolute atomic E-state index is 0.0227. The number of nitrogens with one attached hydrogen (secondary N) is 1. The molecule has 0 bridgehead atoms. The van der Waals surface area contributed by atoms with Gasteiger partial charge in [-0.05, 0) is 30.8 Å². The number of likely N-dealkylation sites (N-methyl/N-ethyl adjacent to an activating group) is 1. The molecule has 0 aromatic heterocycles. The zero-order valence-corrected chi connectivity index (χ0v) is 17.2. The molecule has 1 fully saturated rings. The standard InChI is InChI=1S/C21H29F3N4O2/c1-26-11-13-27(14-12-26)8-7-20(29)28-9-5-19(6-10-28)25-30-16-17-3-2-4-18(15-17)21(22,23)24/h2-5,15,25H,6-14,16H2,1H3. The molecule has 1 saturated heterocycles. The van der Waals surface area contributed by atoms with Crippen LogP contribution in [0.15, 0.2) is 36.0 Å². The lowest BCUT2D eigenvalue weighted by atomic mass is 10.1. The van der Waals surface area contributed by atoms with E-state index in [9.17, 15) is 18.0 Å². The zero-order valence-electron chi connectivity index (χ0n) is 17.2. The van der Waals surface area contributed by atoms with Gasteiger partial charge < -0.3 is 14.7 Å². The van der Waals surface area contributed by atoms with Gasteiger partial charge in [-0.2, -0.15) is 13.2 Å². The van der Waals surface area contributed by atoms with E-state index in [2.05, 4.69) is 22.3 Å². The first kappa shape index (κ1) is 22.6. The number of halogens is 3. The molecule has 0 atom stereocenters. The molecule has 3 rings (SSSR count). The fourth-order valence-corrected chi connectivity index (χ4v) is 3.52. The SMILES string of the molecule is CN1CCN(CCC(=O)N2CC=C(NOCc3cccc(C(F)(F)F)c3)CC2)CC1. The van der Waals surface area contributed by atoms with Crippen LogP contribution < -0.4 is 5.48 Å². The number of benzene rings is 1. The lowest BCUT2D eigenvalue weighted by Gasteiger charge is -2.33. The third-order valence-electron chi connectivity index (χ3n) is 5.50. The highest BCUT2D eigenvalue weighted by atomic mass is 19.4. The van der Waals surface area contributed by atoms with Crippen LogP contribution in [-0.4, -0.2) is 73.5 Å². The highest BCUT2D eigenvalue weighted by Gasteiger charge is 2.30. The smallest absolute Gasteiger partial charge is 0.338 e. The summed E-state index contributed by atoms with van der Waals surface area (Å²) in [6.45, 7) is 6.01. The van der Waals surface area contributed by atoms with Crippen LogP contribution in [0.4, 0.5) is 13.2 Å². The maximum atomic E-state index is 12.8. The predicted molar refractivity (Wildman–Crippen MR) is 107 cm³/mol. The highest BCUT2D eigenvalue weighted by molar-refractivity contribution is 5.76. The van der Waals surface area contributed by atoms with Crippen molar-refractivity contribution in [2.45, 2.75) is 25.6 Å². The third-order valence-corrected chi connectivity index (χ3v) is 5.50. The highest BCUT2D eigenvalue weighted by Crippen LogP contribution is 2.29. The first-order valence-corrected chi connectivity index (χ1v) is 10.2. The van der Waals surface area contributed by atoms with Crippen LogP contribution in [0.2, 0.25) is 0 Å². The summed E-state index contributed by atoms with van der Waals surface area (Å²) < 4.78 is 38.3. The topological polar surface area (TPSA) is 48.0 Å². The van der Waals surface area contributed by atoms with Gasteiger partial charge in [-0.3, -0.25) is 15.1 Å². The Labute approximate surface area is 175 Å². The van der Waals surface area contributed by atoms with Gasteiger partial charge in [0.25, 0.3) is 0 Å². The molecular formula is C21H29F3N4O2. The number of rotatable bonds is 7. The third kappa shape index (κ3) is 6.72. The van der Waals surface area contributed by atoms with E-state index in [1.54, 1.807) is 6.07 Å². The molecule has 1 amide bonds. The fourth-order valence-electron chi connectivity index (χ4n) is 3.52. The molecule has 1 aromatic rings. The lowest BCUT2D eigenvalue weighted by molar-refractivity contribution is -0.137. The number of carbonyl (C=O) groups excluding carboxylic acids is 1. The van der Waals surface area contributed by atoms with Gasteiger partial charge in [-0.1, -0.05) is 12.1 Å². The number of piperazine rings is 1. The molecule has 30 heavy (non-hydrogen) atoms. The molecule has 2 aliphatic heterocycles. The van der Waals surface area contributed by atoms with Gasteiger partial charge in [0.15, 0.2) is 0 Å². The number of amides is 1. The first-order valence-electron chi connectivity index (χ1n) is 10.2. The maximum absolute atomic E-state index is 12.8. The Morgan fingerprint density at radius 3 is 2.60 bits per heavy atom. The summed E-state index contributed by atoms with van der Waals surface area (Å²) in [4.78, 5) is 24.2. The Hall–Kier alpha value is -2.10. The molecular weight excluding hydrogens is 397 g/mol. The summed E-state index contributed by atoms with van der Waals surface area (Å²) in [5.74, 6) is 0.147. The molecule has 9 heteroatoms. The molecule has 0 radical (unpaired) electrons. The average Bonchev–Trinajstić information content (AvgIpc) is 2.73. The van der Waals surface area contributed by atoms with Crippen LogP contribution in [0, 0.1) is 0 Å². The second kappa shape index (κ2) is 10.3. The van der Waals surface area contributed by atoms with Gasteiger partial charge in [-0.25, -0.2) is 0 Å². The minimum Gasteiger partial charge on any atom is -0.338 e. The summed E-state index contributed by atoms with van der Waals surface area (Å²) in [6.07, 6.45) is -1.33. The molecule has 1 N–H and O–H groups in total. The Balaban J connectivity index is 1.37. The number of hydrogen-bond donors (Lipinski definition) is 1. The van der Waals surface area contributed by atoms with E-state index in [0.717, 1.165) is 50.6 Å². The number of alkyl halides is 3. The Morgan fingerprint density at radius 2 is 1.93 bits per heavy atom. The largest absolute Gasteiger partial charge is 0.416 e. The Morgan fingerprint density at radius 1 is 1.17 bits per heavy atom. The quantitative estimate of drug-likeness (QED) is 0.679. The summed E-state index contributed by atoms with van der Waals surface area (Å²) >= 11 is 0. The second-order valence-corrected chi connectivity index (χ2v) is 7.80. The number of nitrogens with zero attached hydrogens (tertiary/aromatic N) is 3. The number of hydroxylamine groups is 1. The molecule has 1 aromatic carbocycles. The van der Waals surface area contributed by atoms with E-state index in [1.807, 2.05) is 11.0 Å². The van der Waals surface area contributed by atoms with Crippen LogP contribution in [-0.2, 0) is 22.4 Å². The van der Waals surface area contributed by atoms with E-state index in [0.29, 0.717) is 31.5 Å². The van der Waals surface area contributed by atoms with Crippen molar-refractivity contribution in [3.05, 3.63) is 47.2 Å². The first-order chi connectivity index (χ1) is 14.3. The Bertz CT molecular complexity index is 746. The van der Waals surface area contributed by atoms with E-state index < -0.39 is 11.7 Å². The molecule has 166 valence electrons. The second-order valence-electron chi connectivity index (χ2n) is 7.80. The van der Waals surface area contributed by atoms with Crippen molar-refractivity contribution in [2.75, 3.05) is 52.9 Å². The van der Waals surface area contributed by atoms with Gasteiger partial charge in [-0.15, -0.1) is 0 Å². The molecule has 6 nitrogen and oxygen atoms in total. The summed E-state index contributed by atoms with van der Waals surface area (Å²) in [5, 5.41) is 0. The van der Waals surface area contributed by atoms with E-state index >= 15 is 0 Å². The number of hydrogen-bond acceptors (Lipinski definition) is 5. The van der Waals surface area contributed by atoms with Crippen LogP contribution in [0.1, 0.15) is 24.0 Å². The van der Waals surface area contributed by atoms with Crippen molar-refractivity contribution >= 4 is 5.91 Å². The molecule has 0 aliphatic carbocycles. The lowest BCUT2D eigenvalue weighted by Crippen LogP contribution is -2.46. The normalized spacial score (nSPS) is 18.9. The van der Waals surface area contributed by atoms with E-state index in [-0.39, 0.29) is 12.5 Å². The summed E-state index contributed by atoms with van der Waals surface area (Å²) in [5.41, 5.74) is 3.39. The van der Waals surface area contributed by atoms with Crippen LogP contribution in [0.25, 0.3) is 0 Å². The zero-order chi connectivity index (χ0) is 21.6. The average molecular weight is 426 g/mol. The Kier molecular flexibility index (Phi) is 7.74. The van der Waals surface area contributed by atoms with E-state index in [4.69, 9.17) is 4.84 Å². The van der Waals surface area contributed by atoms with Crippen LogP contribution in [0.3, 0.4) is 0 Å². The van der Waals surface area contributed by atoms with Crippen molar-refractivity contribution in [1.82, 2.24) is 20.2 Å². The van der Waals surface area contributed by atoms with Crippen LogP contribution >= 0.6 is 0 Å². The van der Waals surface area contributed by atoms with Crippen molar-refractivity contribution in [2.24, 2.45) is 0 Å². The van der Waals surface area contributed by atoms with E-state index in [1.165, 1.54) is 6.07 Å². The fraction of sp³-hybridized carbons (Fsp3) is 0.571. The van der Waals surface area contributed by atoms with Crippen LogP contribution in [0.5, 0.6) is 0 Å². The molecule has 2 heterocycles. The molecule has 0 saturated carbocycles. The maximum Gasteiger partial charge on any atom is 0.416 e. The number of carbonyl (C=O) groups is 1. The molecule has 0 unspecified atom stereocenters. The van der Waals surface area contributed by atoms with Crippen molar-refractivity contribution in [3.63, 3.8) is 0 Å².